The molecule has 2 N–H and O–H groups in total. The first-order chi connectivity index (χ1) is 14.5. The van der Waals surface area contributed by atoms with E-state index in [9.17, 15) is 19.7 Å². The van der Waals surface area contributed by atoms with Gasteiger partial charge in [-0.15, -0.1) is 0 Å². The SMILES string of the molecule is O=C(N[C@H]1CCCCNC1=O)c1cc(-c2ccco2)nn1-c1ccc([N+](=O)[O-])cc1. The average molecular weight is 409 g/mol. The van der Waals surface area contributed by atoms with Crippen molar-refractivity contribution in [3.05, 3.63) is 64.5 Å². The van der Waals surface area contributed by atoms with Crippen LogP contribution in [-0.2, 0) is 4.79 Å². The number of nitrogens with zero attached hydrogens (tertiary/aromatic N) is 3. The molecule has 2 aromatic heterocycles. The summed E-state index contributed by atoms with van der Waals surface area (Å²) in [6, 6.07) is 10.0. The van der Waals surface area contributed by atoms with Crippen LogP contribution in [0.4, 0.5) is 5.69 Å². The summed E-state index contributed by atoms with van der Waals surface area (Å²) in [5.41, 5.74) is 1.01. The lowest BCUT2D eigenvalue weighted by Gasteiger charge is -2.15. The molecule has 1 aromatic carbocycles. The molecule has 3 aromatic rings. The largest absolute Gasteiger partial charge is 0.463 e. The van der Waals surface area contributed by atoms with E-state index in [0.29, 0.717) is 30.1 Å². The number of amides is 2. The highest BCUT2D eigenvalue weighted by molar-refractivity contribution is 5.97. The molecule has 1 saturated heterocycles. The number of hydrogen-bond acceptors (Lipinski definition) is 6. The minimum absolute atomic E-state index is 0.0710. The highest BCUT2D eigenvalue weighted by Crippen LogP contribution is 2.23. The van der Waals surface area contributed by atoms with Gasteiger partial charge in [-0.25, -0.2) is 4.68 Å². The third-order valence-corrected chi connectivity index (χ3v) is 4.86. The molecule has 10 nitrogen and oxygen atoms in total. The number of rotatable bonds is 5. The highest BCUT2D eigenvalue weighted by Gasteiger charge is 2.26. The number of benzene rings is 1. The smallest absolute Gasteiger partial charge is 0.270 e. The van der Waals surface area contributed by atoms with Crippen molar-refractivity contribution >= 4 is 17.5 Å². The normalized spacial score (nSPS) is 16.5. The molecule has 4 rings (SSSR count). The van der Waals surface area contributed by atoms with E-state index in [-0.39, 0.29) is 17.3 Å². The van der Waals surface area contributed by atoms with Crippen molar-refractivity contribution in [2.45, 2.75) is 25.3 Å². The Hall–Kier alpha value is -3.95. The molecule has 154 valence electrons. The number of non-ortho nitro benzene ring substituents is 1. The monoisotopic (exact) mass is 409 g/mol. The second-order valence-electron chi connectivity index (χ2n) is 6.89. The molecule has 0 saturated carbocycles. The van der Waals surface area contributed by atoms with Gasteiger partial charge < -0.3 is 15.1 Å². The van der Waals surface area contributed by atoms with Crippen LogP contribution in [0.15, 0.2) is 53.1 Å². The molecule has 2 amide bonds. The Kier molecular flexibility index (Phi) is 5.29. The van der Waals surface area contributed by atoms with Crippen molar-refractivity contribution in [1.29, 1.82) is 0 Å². The van der Waals surface area contributed by atoms with E-state index in [1.807, 2.05) is 0 Å². The molecule has 0 bridgehead atoms. The zero-order valence-electron chi connectivity index (χ0n) is 15.9. The topological polar surface area (TPSA) is 132 Å². The van der Waals surface area contributed by atoms with Crippen LogP contribution >= 0.6 is 0 Å². The molecule has 1 atom stereocenters. The third-order valence-electron chi connectivity index (χ3n) is 4.86. The van der Waals surface area contributed by atoms with Crippen LogP contribution in [0.3, 0.4) is 0 Å². The van der Waals surface area contributed by atoms with Crippen molar-refractivity contribution < 1.29 is 18.9 Å². The molecular weight excluding hydrogens is 390 g/mol. The number of carbonyl (C=O) groups excluding carboxylic acids is 2. The zero-order valence-corrected chi connectivity index (χ0v) is 15.9. The average Bonchev–Trinajstić information content (AvgIpc) is 3.38. The van der Waals surface area contributed by atoms with E-state index in [1.54, 1.807) is 18.2 Å². The van der Waals surface area contributed by atoms with E-state index in [2.05, 4.69) is 15.7 Å². The van der Waals surface area contributed by atoms with Gasteiger partial charge in [-0.3, -0.25) is 19.7 Å². The maximum atomic E-state index is 13.0. The van der Waals surface area contributed by atoms with E-state index in [4.69, 9.17) is 4.42 Å². The fourth-order valence-electron chi connectivity index (χ4n) is 3.31. The first-order valence-electron chi connectivity index (χ1n) is 9.50. The predicted molar refractivity (Wildman–Crippen MR) is 106 cm³/mol. The van der Waals surface area contributed by atoms with E-state index >= 15 is 0 Å². The van der Waals surface area contributed by atoms with Gasteiger partial charge in [0, 0.05) is 24.7 Å². The predicted octanol–water partition coefficient (Wildman–Crippen LogP) is 2.44. The summed E-state index contributed by atoms with van der Waals surface area (Å²) >= 11 is 0. The van der Waals surface area contributed by atoms with Crippen LogP contribution < -0.4 is 10.6 Å². The summed E-state index contributed by atoms with van der Waals surface area (Å²) in [5.74, 6) is -0.217. The van der Waals surface area contributed by atoms with Crippen LogP contribution in [0, 0.1) is 10.1 Å². The Bertz CT molecular complexity index is 1070. The number of furan rings is 1. The fourth-order valence-corrected chi connectivity index (χ4v) is 3.31. The summed E-state index contributed by atoms with van der Waals surface area (Å²) in [6.07, 6.45) is 3.73. The van der Waals surface area contributed by atoms with Crippen LogP contribution in [0.2, 0.25) is 0 Å². The number of carbonyl (C=O) groups is 2. The van der Waals surface area contributed by atoms with Crippen molar-refractivity contribution in [3.63, 3.8) is 0 Å². The number of aromatic nitrogens is 2. The van der Waals surface area contributed by atoms with Crippen molar-refractivity contribution in [2.75, 3.05) is 6.54 Å². The number of nitro groups is 1. The van der Waals surface area contributed by atoms with Crippen LogP contribution in [0.25, 0.3) is 17.1 Å². The summed E-state index contributed by atoms with van der Waals surface area (Å²) in [4.78, 5) is 35.7. The molecule has 1 fully saturated rings. The molecule has 0 unspecified atom stereocenters. The highest BCUT2D eigenvalue weighted by atomic mass is 16.6. The second-order valence-corrected chi connectivity index (χ2v) is 6.89. The summed E-state index contributed by atoms with van der Waals surface area (Å²) in [5, 5.41) is 20.9. The van der Waals surface area contributed by atoms with E-state index < -0.39 is 16.9 Å². The van der Waals surface area contributed by atoms with Crippen molar-refractivity contribution in [3.8, 4) is 17.1 Å². The third kappa shape index (κ3) is 3.93. The zero-order chi connectivity index (χ0) is 21.1. The quantitative estimate of drug-likeness (QED) is 0.491. The second kappa shape index (κ2) is 8.19. The van der Waals surface area contributed by atoms with Crippen LogP contribution in [-0.4, -0.2) is 39.1 Å². The summed E-state index contributed by atoms with van der Waals surface area (Å²) in [6.45, 7) is 0.592. The molecule has 0 aliphatic carbocycles. The lowest BCUT2D eigenvalue weighted by molar-refractivity contribution is -0.384. The molecule has 1 aliphatic rings. The number of nitrogens with one attached hydrogen (secondary N) is 2. The molecule has 1 aliphatic heterocycles. The number of nitro benzene ring substituents is 1. The van der Waals surface area contributed by atoms with Gasteiger partial charge in [-0.1, -0.05) is 0 Å². The molecular formula is C20H19N5O5. The minimum atomic E-state index is -0.632. The molecule has 3 heterocycles. The van der Waals surface area contributed by atoms with Gasteiger partial charge in [0.1, 0.15) is 17.4 Å². The summed E-state index contributed by atoms with van der Waals surface area (Å²) in [7, 11) is 0. The van der Waals surface area contributed by atoms with Gasteiger partial charge in [0.05, 0.1) is 16.9 Å². The Morgan fingerprint density at radius 1 is 1.27 bits per heavy atom. The van der Waals surface area contributed by atoms with Gasteiger partial charge >= 0.3 is 0 Å². The van der Waals surface area contributed by atoms with Crippen molar-refractivity contribution in [2.24, 2.45) is 0 Å². The minimum Gasteiger partial charge on any atom is -0.463 e. The Labute approximate surface area is 171 Å². The van der Waals surface area contributed by atoms with Crippen LogP contribution in [0.1, 0.15) is 29.8 Å². The lowest BCUT2D eigenvalue weighted by atomic mass is 10.1. The Balaban J connectivity index is 1.69. The molecule has 30 heavy (non-hydrogen) atoms. The maximum absolute atomic E-state index is 13.0. The van der Waals surface area contributed by atoms with E-state index in [0.717, 1.165) is 12.8 Å². The Morgan fingerprint density at radius 3 is 2.77 bits per heavy atom. The molecule has 0 spiro atoms. The van der Waals surface area contributed by atoms with Gasteiger partial charge in [0.15, 0.2) is 5.76 Å². The van der Waals surface area contributed by atoms with Gasteiger partial charge in [-0.2, -0.15) is 5.10 Å². The van der Waals surface area contributed by atoms with Gasteiger partial charge in [0.25, 0.3) is 11.6 Å². The molecule has 0 radical (unpaired) electrons. The first-order valence-corrected chi connectivity index (χ1v) is 9.50. The first kappa shape index (κ1) is 19.4. The molecule has 10 heteroatoms. The van der Waals surface area contributed by atoms with Gasteiger partial charge in [0.2, 0.25) is 5.91 Å². The fraction of sp³-hybridized carbons (Fsp3) is 0.250. The maximum Gasteiger partial charge on any atom is 0.270 e. The van der Waals surface area contributed by atoms with Crippen molar-refractivity contribution in [1.82, 2.24) is 20.4 Å². The summed E-state index contributed by atoms with van der Waals surface area (Å²) < 4.78 is 6.76. The Morgan fingerprint density at radius 2 is 2.07 bits per heavy atom. The van der Waals surface area contributed by atoms with Crippen LogP contribution in [0.5, 0.6) is 0 Å². The lowest BCUT2D eigenvalue weighted by Crippen LogP contribution is -2.45. The van der Waals surface area contributed by atoms with E-state index in [1.165, 1.54) is 35.2 Å². The standard InChI is InChI=1S/C20H19N5O5/c26-19-15(4-1-2-10-21-19)22-20(27)17-12-16(18-5-3-11-30-18)23-24(17)13-6-8-14(9-7-13)25(28)29/h3,5-9,11-12,15H,1-2,4,10H2,(H,21,26)(H,22,27)/t15-/m0/s1. The number of hydrogen-bond donors (Lipinski definition) is 2. The van der Waals surface area contributed by atoms with Gasteiger partial charge in [-0.05, 0) is 43.5 Å².